The molecular formula is C27H25N3O2. The fourth-order valence-electron chi connectivity index (χ4n) is 3.72. The van der Waals surface area contributed by atoms with Gasteiger partial charge in [-0.05, 0) is 23.8 Å². The zero-order valence-electron chi connectivity index (χ0n) is 18.2. The minimum Gasteiger partial charge on any atom is -0.330 e. The molecule has 4 rings (SSSR count). The van der Waals surface area contributed by atoms with Gasteiger partial charge in [0.1, 0.15) is 5.82 Å². The third-order valence-electron chi connectivity index (χ3n) is 5.25. The molecule has 0 bridgehead atoms. The van der Waals surface area contributed by atoms with Crippen LogP contribution in [0.25, 0.3) is 0 Å². The maximum atomic E-state index is 13.1. The van der Waals surface area contributed by atoms with Gasteiger partial charge in [0.25, 0.3) is 5.91 Å². The molecule has 0 spiro atoms. The van der Waals surface area contributed by atoms with Crippen molar-refractivity contribution in [1.82, 2.24) is 9.55 Å². The summed E-state index contributed by atoms with van der Waals surface area (Å²) in [5.74, 6) is 0.860. The maximum Gasteiger partial charge on any atom is 0.256 e. The predicted octanol–water partition coefficient (Wildman–Crippen LogP) is 5.54. The molecule has 0 atom stereocenters. The van der Waals surface area contributed by atoms with Crippen LogP contribution in [0.5, 0.6) is 0 Å². The Kier molecular flexibility index (Phi) is 6.26. The Bertz CT molecular complexity index is 1240. The lowest BCUT2D eigenvalue weighted by atomic mass is 9.98. The Labute approximate surface area is 187 Å². The van der Waals surface area contributed by atoms with E-state index >= 15 is 0 Å². The fourth-order valence-corrected chi connectivity index (χ4v) is 3.72. The van der Waals surface area contributed by atoms with Gasteiger partial charge in [-0.25, -0.2) is 4.98 Å². The summed E-state index contributed by atoms with van der Waals surface area (Å²) >= 11 is 0. The van der Waals surface area contributed by atoms with Crippen LogP contribution in [-0.4, -0.2) is 21.2 Å². The zero-order valence-corrected chi connectivity index (χ0v) is 18.2. The van der Waals surface area contributed by atoms with Crippen LogP contribution in [-0.2, 0) is 6.54 Å². The highest BCUT2D eigenvalue weighted by molar-refractivity contribution is 6.17. The topological polar surface area (TPSA) is 64.0 Å². The molecule has 0 saturated heterocycles. The number of imidazole rings is 1. The van der Waals surface area contributed by atoms with Gasteiger partial charge in [-0.3, -0.25) is 9.59 Å². The number of rotatable bonds is 7. The van der Waals surface area contributed by atoms with Crippen molar-refractivity contribution in [2.24, 2.45) is 0 Å². The molecule has 1 N–H and O–H groups in total. The van der Waals surface area contributed by atoms with E-state index in [9.17, 15) is 9.59 Å². The monoisotopic (exact) mass is 423 g/mol. The van der Waals surface area contributed by atoms with Crippen LogP contribution in [0, 0.1) is 0 Å². The van der Waals surface area contributed by atoms with E-state index in [1.54, 1.807) is 36.4 Å². The molecule has 5 nitrogen and oxygen atoms in total. The molecule has 32 heavy (non-hydrogen) atoms. The van der Waals surface area contributed by atoms with E-state index in [4.69, 9.17) is 0 Å². The summed E-state index contributed by atoms with van der Waals surface area (Å²) in [6, 6.07) is 23.6. The van der Waals surface area contributed by atoms with Crippen molar-refractivity contribution in [3.8, 4) is 0 Å². The van der Waals surface area contributed by atoms with Crippen LogP contribution < -0.4 is 5.32 Å². The normalized spacial score (nSPS) is 10.8. The number of ketones is 1. The summed E-state index contributed by atoms with van der Waals surface area (Å²) in [5.41, 5.74) is 3.02. The van der Waals surface area contributed by atoms with Gasteiger partial charge in [0.05, 0.1) is 5.56 Å². The SMILES string of the molecule is CC(C)c1nccn1Cc1cccc(NC(=O)c2ccccc2C(=O)c2ccccc2)c1. The molecule has 0 aliphatic carbocycles. The van der Waals surface area contributed by atoms with Gasteiger partial charge in [0.15, 0.2) is 5.78 Å². The number of hydrogen-bond acceptors (Lipinski definition) is 3. The standard InChI is InChI=1S/C27H25N3O2/c1-19(2)26-28-15-16-30(26)18-20-9-8-12-22(17-20)29-27(32)24-14-7-6-13-23(24)25(31)21-10-4-3-5-11-21/h3-17,19H,18H2,1-2H3,(H,29,32). The van der Waals surface area contributed by atoms with Crippen LogP contribution in [0.3, 0.4) is 0 Å². The van der Waals surface area contributed by atoms with E-state index in [0.29, 0.717) is 34.8 Å². The molecule has 0 fully saturated rings. The second-order valence-electron chi connectivity index (χ2n) is 7.96. The minimum absolute atomic E-state index is 0.175. The molecule has 1 heterocycles. The van der Waals surface area contributed by atoms with E-state index in [2.05, 4.69) is 28.7 Å². The molecule has 0 aliphatic heterocycles. The first kappa shape index (κ1) is 21.2. The van der Waals surface area contributed by atoms with Crippen LogP contribution >= 0.6 is 0 Å². The van der Waals surface area contributed by atoms with E-state index in [1.165, 1.54) is 0 Å². The second kappa shape index (κ2) is 9.43. The van der Waals surface area contributed by atoms with Gasteiger partial charge >= 0.3 is 0 Å². The molecule has 160 valence electrons. The highest BCUT2D eigenvalue weighted by Gasteiger charge is 2.18. The summed E-state index contributed by atoms with van der Waals surface area (Å²) in [6.07, 6.45) is 3.77. The molecule has 5 heteroatoms. The summed E-state index contributed by atoms with van der Waals surface area (Å²) in [4.78, 5) is 30.5. The van der Waals surface area contributed by atoms with Crippen LogP contribution in [0.1, 0.15) is 57.4 Å². The number of nitrogens with zero attached hydrogens (tertiary/aromatic N) is 2. The predicted molar refractivity (Wildman–Crippen MR) is 126 cm³/mol. The highest BCUT2D eigenvalue weighted by atomic mass is 16.2. The first-order valence-electron chi connectivity index (χ1n) is 10.6. The van der Waals surface area contributed by atoms with Gasteiger partial charge in [0, 0.05) is 41.7 Å². The number of amides is 1. The van der Waals surface area contributed by atoms with E-state index in [1.807, 2.05) is 54.9 Å². The summed E-state index contributed by atoms with van der Waals surface area (Å²) in [6.45, 7) is 4.90. The first-order valence-corrected chi connectivity index (χ1v) is 10.6. The lowest BCUT2D eigenvalue weighted by Gasteiger charge is -2.13. The van der Waals surface area contributed by atoms with Crippen LogP contribution in [0.15, 0.2) is 91.3 Å². The molecule has 3 aromatic carbocycles. The lowest BCUT2D eigenvalue weighted by molar-refractivity contribution is 0.0996. The molecule has 0 aliphatic rings. The average molecular weight is 424 g/mol. The molecule has 0 radical (unpaired) electrons. The Morgan fingerprint density at radius 2 is 1.62 bits per heavy atom. The smallest absolute Gasteiger partial charge is 0.256 e. The summed E-state index contributed by atoms with van der Waals surface area (Å²) in [5, 5.41) is 2.95. The lowest BCUT2D eigenvalue weighted by Crippen LogP contribution is -2.17. The van der Waals surface area contributed by atoms with Crippen LogP contribution in [0.2, 0.25) is 0 Å². The number of anilines is 1. The van der Waals surface area contributed by atoms with Crippen molar-refractivity contribution < 1.29 is 9.59 Å². The first-order chi connectivity index (χ1) is 15.5. The van der Waals surface area contributed by atoms with Crippen molar-refractivity contribution >= 4 is 17.4 Å². The van der Waals surface area contributed by atoms with Gasteiger partial charge in [-0.2, -0.15) is 0 Å². The summed E-state index contributed by atoms with van der Waals surface area (Å²) < 4.78 is 2.11. The second-order valence-corrected chi connectivity index (χ2v) is 7.96. The maximum absolute atomic E-state index is 13.1. The molecule has 4 aromatic rings. The van der Waals surface area contributed by atoms with Gasteiger partial charge in [-0.15, -0.1) is 0 Å². The Hall–Kier alpha value is -3.99. The Morgan fingerprint density at radius 1 is 0.906 bits per heavy atom. The number of hydrogen-bond donors (Lipinski definition) is 1. The quantitative estimate of drug-likeness (QED) is 0.397. The third-order valence-corrected chi connectivity index (χ3v) is 5.25. The van der Waals surface area contributed by atoms with E-state index < -0.39 is 0 Å². The number of carbonyl (C=O) groups is 2. The van der Waals surface area contributed by atoms with E-state index in [0.717, 1.165) is 11.4 Å². The number of carbonyl (C=O) groups excluding carboxylic acids is 2. The minimum atomic E-state index is -0.312. The third kappa shape index (κ3) is 4.67. The summed E-state index contributed by atoms with van der Waals surface area (Å²) in [7, 11) is 0. The molecule has 0 unspecified atom stereocenters. The highest BCUT2D eigenvalue weighted by Crippen LogP contribution is 2.19. The van der Waals surface area contributed by atoms with Gasteiger partial charge in [-0.1, -0.05) is 74.5 Å². The van der Waals surface area contributed by atoms with Gasteiger partial charge in [0.2, 0.25) is 0 Å². The number of benzene rings is 3. The zero-order chi connectivity index (χ0) is 22.5. The van der Waals surface area contributed by atoms with Crippen molar-refractivity contribution in [3.05, 3.63) is 119 Å². The largest absolute Gasteiger partial charge is 0.330 e. The number of nitrogens with one attached hydrogen (secondary N) is 1. The van der Waals surface area contributed by atoms with E-state index in [-0.39, 0.29) is 11.7 Å². The molecular weight excluding hydrogens is 398 g/mol. The number of aromatic nitrogens is 2. The Balaban J connectivity index is 1.55. The van der Waals surface area contributed by atoms with Gasteiger partial charge < -0.3 is 9.88 Å². The Morgan fingerprint density at radius 3 is 2.38 bits per heavy atom. The van der Waals surface area contributed by atoms with Crippen molar-refractivity contribution in [2.45, 2.75) is 26.3 Å². The molecule has 0 saturated carbocycles. The average Bonchev–Trinajstić information content (AvgIpc) is 3.28. The molecule has 1 amide bonds. The van der Waals surface area contributed by atoms with Crippen LogP contribution in [0.4, 0.5) is 5.69 Å². The molecule has 1 aromatic heterocycles. The fraction of sp³-hybridized carbons (Fsp3) is 0.148. The van der Waals surface area contributed by atoms with Crippen molar-refractivity contribution in [1.29, 1.82) is 0 Å². The van der Waals surface area contributed by atoms with Crippen molar-refractivity contribution in [2.75, 3.05) is 5.32 Å². The van der Waals surface area contributed by atoms with Crippen molar-refractivity contribution in [3.63, 3.8) is 0 Å².